The van der Waals surface area contributed by atoms with Crippen LogP contribution in [0.3, 0.4) is 0 Å². The molecule has 1 heterocycles. The number of non-ortho nitro benzene ring substituents is 1. The molecule has 8 nitrogen and oxygen atoms in total. The molecule has 0 fully saturated rings. The Morgan fingerprint density at radius 2 is 2.24 bits per heavy atom. The number of hydrogen-bond acceptors (Lipinski definition) is 6. The highest BCUT2D eigenvalue weighted by Crippen LogP contribution is 2.24. The molecular formula is C13H14N4O4. The van der Waals surface area contributed by atoms with Crippen molar-refractivity contribution in [3.05, 3.63) is 34.6 Å². The summed E-state index contributed by atoms with van der Waals surface area (Å²) in [5.41, 5.74) is 0.545. The summed E-state index contributed by atoms with van der Waals surface area (Å²) in [6.07, 6.45) is 1.78. The van der Waals surface area contributed by atoms with E-state index >= 15 is 0 Å². The molecule has 0 bridgehead atoms. The number of nitrogens with one attached hydrogen (secondary N) is 1. The Balaban J connectivity index is 2.21. The lowest BCUT2D eigenvalue weighted by Gasteiger charge is -2.10. The molecule has 0 aliphatic heterocycles. The molecule has 0 aliphatic carbocycles. The summed E-state index contributed by atoms with van der Waals surface area (Å²) < 4.78 is 0. The second-order valence-corrected chi connectivity index (χ2v) is 4.64. The zero-order chi connectivity index (χ0) is 15.4. The van der Waals surface area contributed by atoms with E-state index in [2.05, 4.69) is 15.3 Å². The normalized spacial score (nSPS) is 12.0. The van der Waals surface area contributed by atoms with Crippen molar-refractivity contribution in [2.24, 2.45) is 5.92 Å². The molecule has 0 aliphatic rings. The third-order valence-electron chi connectivity index (χ3n) is 3.12. The fourth-order valence-corrected chi connectivity index (χ4v) is 1.83. The highest BCUT2D eigenvalue weighted by Gasteiger charge is 2.12. The summed E-state index contributed by atoms with van der Waals surface area (Å²) >= 11 is 0. The topological polar surface area (TPSA) is 118 Å². The highest BCUT2D eigenvalue weighted by atomic mass is 16.6. The van der Waals surface area contributed by atoms with Gasteiger partial charge in [0.1, 0.15) is 12.1 Å². The Labute approximate surface area is 120 Å². The minimum atomic E-state index is -0.861. The Morgan fingerprint density at radius 3 is 2.90 bits per heavy atom. The van der Waals surface area contributed by atoms with Gasteiger partial charge >= 0.3 is 5.97 Å². The number of carbonyl (C=O) groups is 1. The number of nitro groups is 1. The Morgan fingerprint density at radius 1 is 1.48 bits per heavy atom. The maximum atomic E-state index is 10.8. The van der Waals surface area contributed by atoms with Crippen molar-refractivity contribution in [2.75, 3.05) is 11.9 Å². The van der Waals surface area contributed by atoms with Gasteiger partial charge in [0.05, 0.1) is 16.4 Å². The van der Waals surface area contributed by atoms with E-state index in [1.807, 2.05) is 0 Å². The van der Waals surface area contributed by atoms with Crippen LogP contribution in [0.15, 0.2) is 24.5 Å². The molecule has 1 unspecified atom stereocenters. The lowest BCUT2D eigenvalue weighted by Crippen LogP contribution is -2.15. The average molecular weight is 290 g/mol. The highest BCUT2D eigenvalue weighted by molar-refractivity contribution is 5.90. The van der Waals surface area contributed by atoms with Crippen LogP contribution < -0.4 is 5.32 Å². The van der Waals surface area contributed by atoms with Gasteiger partial charge in [-0.15, -0.1) is 0 Å². The summed E-state index contributed by atoms with van der Waals surface area (Å²) in [7, 11) is 0. The van der Waals surface area contributed by atoms with Crippen molar-refractivity contribution in [1.29, 1.82) is 0 Å². The van der Waals surface area contributed by atoms with Gasteiger partial charge in [-0.25, -0.2) is 9.97 Å². The van der Waals surface area contributed by atoms with E-state index in [1.54, 1.807) is 13.0 Å². The van der Waals surface area contributed by atoms with Gasteiger partial charge in [-0.2, -0.15) is 0 Å². The fourth-order valence-electron chi connectivity index (χ4n) is 1.83. The largest absolute Gasteiger partial charge is 0.481 e. The zero-order valence-electron chi connectivity index (χ0n) is 11.3. The number of nitro benzene ring substituents is 1. The molecule has 0 saturated heterocycles. The molecule has 2 N–H and O–H groups in total. The molecular weight excluding hydrogens is 276 g/mol. The summed E-state index contributed by atoms with van der Waals surface area (Å²) in [6.45, 7) is 2.02. The zero-order valence-corrected chi connectivity index (χ0v) is 11.3. The second kappa shape index (κ2) is 6.12. The first kappa shape index (κ1) is 14.6. The summed E-state index contributed by atoms with van der Waals surface area (Å²) in [5, 5.41) is 23.2. The first-order valence-corrected chi connectivity index (χ1v) is 6.35. The van der Waals surface area contributed by atoms with Crippen LogP contribution in [0, 0.1) is 16.0 Å². The summed E-state index contributed by atoms with van der Waals surface area (Å²) in [4.78, 5) is 29.2. The molecule has 1 aromatic heterocycles. The van der Waals surface area contributed by atoms with Crippen LogP contribution in [-0.4, -0.2) is 32.5 Å². The minimum Gasteiger partial charge on any atom is -0.481 e. The number of carboxylic acid groups (broad SMARTS) is 1. The standard InChI is InChI=1S/C13H14N4O4/c1-8(13(18)19)4-5-14-12-10-6-9(17(20)21)2-3-11(10)15-7-16-12/h2-3,6-8H,4-5H2,1H3,(H,18,19)(H,14,15,16). The van der Waals surface area contributed by atoms with E-state index in [0.717, 1.165) is 0 Å². The number of aliphatic carboxylic acids is 1. The Hall–Kier alpha value is -2.77. The van der Waals surface area contributed by atoms with E-state index in [-0.39, 0.29) is 5.69 Å². The molecule has 0 radical (unpaired) electrons. The van der Waals surface area contributed by atoms with Crippen molar-refractivity contribution >= 4 is 28.4 Å². The quantitative estimate of drug-likeness (QED) is 0.617. The second-order valence-electron chi connectivity index (χ2n) is 4.64. The van der Waals surface area contributed by atoms with Crippen LogP contribution in [-0.2, 0) is 4.79 Å². The molecule has 110 valence electrons. The Bertz CT molecular complexity index is 689. The van der Waals surface area contributed by atoms with Gasteiger partial charge in [0.15, 0.2) is 0 Å². The number of benzene rings is 1. The van der Waals surface area contributed by atoms with E-state index in [1.165, 1.54) is 18.5 Å². The molecule has 21 heavy (non-hydrogen) atoms. The van der Waals surface area contributed by atoms with Crippen LogP contribution in [0.25, 0.3) is 10.9 Å². The van der Waals surface area contributed by atoms with Crippen LogP contribution in [0.2, 0.25) is 0 Å². The van der Waals surface area contributed by atoms with Gasteiger partial charge in [-0.1, -0.05) is 6.92 Å². The van der Waals surface area contributed by atoms with Crippen molar-refractivity contribution in [2.45, 2.75) is 13.3 Å². The molecule has 1 atom stereocenters. The van der Waals surface area contributed by atoms with Crippen LogP contribution >= 0.6 is 0 Å². The minimum absolute atomic E-state index is 0.0424. The monoisotopic (exact) mass is 290 g/mol. The van der Waals surface area contributed by atoms with Gasteiger partial charge < -0.3 is 10.4 Å². The summed E-state index contributed by atoms with van der Waals surface area (Å²) in [5.74, 6) is -0.874. The molecule has 0 amide bonds. The van der Waals surface area contributed by atoms with E-state index in [4.69, 9.17) is 5.11 Å². The number of hydrogen-bond donors (Lipinski definition) is 2. The molecule has 0 spiro atoms. The number of fused-ring (bicyclic) bond motifs is 1. The number of carboxylic acids is 1. The van der Waals surface area contributed by atoms with Crippen LogP contribution in [0.1, 0.15) is 13.3 Å². The smallest absolute Gasteiger partial charge is 0.306 e. The van der Waals surface area contributed by atoms with Gasteiger partial charge in [0.25, 0.3) is 5.69 Å². The third-order valence-corrected chi connectivity index (χ3v) is 3.12. The number of anilines is 1. The molecule has 0 saturated carbocycles. The summed E-state index contributed by atoms with van der Waals surface area (Å²) in [6, 6.07) is 4.34. The number of rotatable bonds is 6. The van der Waals surface area contributed by atoms with Crippen molar-refractivity contribution in [3.8, 4) is 0 Å². The molecule has 2 rings (SSSR count). The van der Waals surface area contributed by atoms with E-state index in [9.17, 15) is 14.9 Å². The lowest BCUT2D eigenvalue weighted by atomic mass is 10.1. The molecule has 8 heteroatoms. The first-order valence-electron chi connectivity index (χ1n) is 6.35. The van der Waals surface area contributed by atoms with Gasteiger partial charge in [0, 0.05) is 24.1 Å². The average Bonchev–Trinajstić information content (AvgIpc) is 2.46. The van der Waals surface area contributed by atoms with Gasteiger partial charge in [-0.05, 0) is 12.5 Å². The maximum absolute atomic E-state index is 10.8. The predicted molar refractivity (Wildman–Crippen MR) is 76.1 cm³/mol. The predicted octanol–water partition coefficient (Wildman–Crippen LogP) is 2.06. The van der Waals surface area contributed by atoms with Gasteiger partial charge in [0.2, 0.25) is 0 Å². The SMILES string of the molecule is CC(CCNc1ncnc2ccc([N+](=O)[O-])cc12)C(=O)O. The first-order chi connectivity index (χ1) is 9.99. The van der Waals surface area contributed by atoms with E-state index in [0.29, 0.717) is 29.7 Å². The molecule has 1 aromatic carbocycles. The Kier molecular flexibility index (Phi) is 4.27. The number of nitrogens with zero attached hydrogens (tertiary/aromatic N) is 3. The van der Waals surface area contributed by atoms with Crippen LogP contribution in [0.4, 0.5) is 11.5 Å². The third kappa shape index (κ3) is 3.41. The fraction of sp³-hybridized carbons (Fsp3) is 0.308. The molecule has 2 aromatic rings. The van der Waals surface area contributed by atoms with Crippen molar-refractivity contribution in [1.82, 2.24) is 9.97 Å². The van der Waals surface area contributed by atoms with Crippen molar-refractivity contribution in [3.63, 3.8) is 0 Å². The van der Waals surface area contributed by atoms with Crippen molar-refractivity contribution < 1.29 is 14.8 Å². The number of aromatic nitrogens is 2. The maximum Gasteiger partial charge on any atom is 0.306 e. The lowest BCUT2D eigenvalue weighted by molar-refractivity contribution is -0.384. The van der Waals surface area contributed by atoms with E-state index < -0.39 is 16.8 Å². The van der Waals surface area contributed by atoms with Crippen LogP contribution in [0.5, 0.6) is 0 Å². The van der Waals surface area contributed by atoms with Gasteiger partial charge in [-0.3, -0.25) is 14.9 Å².